The molecule has 0 saturated heterocycles. The summed E-state index contributed by atoms with van der Waals surface area (Å²) in [5, 5.41) is 11.0. The van der Waals surface area contributed by atoms with E-state index in [0.717, 1.165) is 34.6 Å². The SMILES string of the molecule is COc1cccc2cc(CNCc3cn[nH]c3)oc12. The fraction of sp³-hybridized carbons (Fsp3) is 0.214. The summed E-state index contributed by atoms with van der Waals surface area (Å²) in [6.45, 7) is 1.42. The van der Waals surface area contributed by atoms with Crippen molar-refractivity contribution in [3.8, 4) is 5.75 Å². The molecule has 0 saturated carbocycles. The maximum Gasteiger partial charge on any atom is 0.176 e. The summed E-state index contributed by atoms with van der Waals surface area (Å²) in [4.78, 5) is 0. The van der Waals surface area contributed by atoms with Crippen LogP contribution in [0.2, 0.25) is 0 Å². The molecule has 0 unspecified atom stereocenters. The fourth-order valence-corrected chi connectivity index (χ4v) is 2.04. The number of hydrogen-bond acceptors (Lipinski definition) is 4. The zero-order valence-electron chi connectivity index (χ0n) is 10.6. The van der Waals surface area contributed by atoms with Gasteiger partial charge in [0.15, 0.2) is 11.3 Å². The summed E-state index contributed by atoms with van der Waals surface area (Å²) in [7, 11) is 1.65. The average molecular weight is 257 g/mol. The third kappa shape index (κ3) is 2.46. The lowest BCUT2D eigenvalue weighted by Crippen LogP contribution is -2.11. The molecular formula is C14H15N3O2. The highest BCUT2D eigenvalue weighted by Crippen LogP contribution is 2.28. The van der Waals surface area contributed by atoms with E-state index in [9.17, 15) is 0 Å². The molecule has 2 aromatic heterocycles. The Hall–Kier alpha value is -2.27. The Kier molecular flexibility index (Phi) is 3.20. The average Bonchev–Trinajstić information content (AvgIpc) is 3.06. The molecule has 5 nitrogen and oxygen atoms in total. The highest BCUT2D eigenvalue weighted by atomic mass is 16.5. The number of benzene rings is 1. The molecule has 0 atom stereocenters. The van der Waals surface area contributed by atoms with Crippen LogP contribution in [0.15, 0.2) is 41.1 Å². The van der Waals surface area contributed by atoms with Crippen LogP contribution < -0.4 is 10.1 Å². The molecule has 0 fully saturated rings. The van der Waals surface area contributed by atoms with Crippen molar-refractivity contribution in [2.24, 2.45) is 0 Å². The van der Waals surface area contributed by atoms with Gasteiger partial charge in [0.05, 0.1) is 19.9 Å². The summed E-state index contributed by atoms with van der Waals surface area (Å²) in [6.07, 6.45) is 3.67. The Morgan fingerprint density at radius 2 is 2.32 bits per heavy atom. The monoisotopic (exact) mass is 257 g/mol. The fourth-order valence-electron chi connectivity index (χ4n) is 2.04. The first-order valence-corrected chi connectivity index (χ1v) is 6.10. The van der Waals surface area contributed by atoms with E-state index >= 15 is 0 Å². The van der Waals surface area contributed by atoms with E-state index in [1.54, 1.807) is 13.3 Å². The summed E-state index contributed by atoms with van der Waals surface area (Å²) < 4.78 is 11.1. The van der Waals surface area contributed by atoms with Crippen molar-refractivity contribution >= 4 is 11.0 Å². The third-order valence-electron chi connectivity index (χ3n) is 2.96. The molecule has 2 N–H and O–H groups in total. The maximum absolute atomic E-state index is 5.80. The lowest BCUT2D eigenvalue weighted by Gasteiger charge is -2.00. The van der Waals surface area contributed by atoms with Gasteiger partial charge in [-0.25, -0.2) is 0 Å². The van der Waals surface area contributed by atoms with Gasteiger partial charge in [-0.1, -0.05) is 12.1 Å². The number of aromatic nitrogens is 2. The van der Waals surface area contributed by atoms with Crippen molar-refractivity contribution in [1.29, 1.82) is 0 Å². The van der Waals surface area contributed by atoms with Gasteiger partial charge in [-0.2, -0.15) is 5.10 Å². The summed E-state index contributed by atoms with van der Waals surface area (Å²) in [5.41, 5.74) is 1.92. The molecule has 0 amide bonds. The summed E-state index contributed by atoms with van der Waals surface area (Å²) >= 11 is 0. The van der Waals surface area contributed by atoms with Crippen LogP contribution in [0.3, 0.4) is 0 Å². The molecule has 0 radical (unpaired) electrons. The minimum atomic E-state index is 0.670. The minimum Gasteiger partial charge on any atom is -0.493 e. The number of furan rings is 1. The third-order valence-corrected chi connectivity index (χ3v) is 2.96. The second-order valence-corrected chi connectivity index (χ2v) is 4.30. The van der Waals surface area contributed by atoms with Gasteiger partial charge in [-0.3, -0.25) is 5.10 Å². The quantitative estimate of drug-likeness (QED) is 0.737. The molecule has 2 heterocycles. The van der Waals surface area contributed by atoms with Crippen LogP contribution in [0, 0.1) is 0 Å². The van der Waals surface area contributed by atoms with E-state index in [2.05, 4.69) is 15.5 Å². The highest BCUT2D eigenvalue weighted by molar-refractivity contribution is 5.83. The number of nitrogens with zero attached hydrogens (tertiary/aromatic N) is 1. The van der Waals surface area contributed by atoms with Crippen molar-refractivity contribution in [2.45, 2.75) is 13.1 Å². The Morgan fingerprint density at radius 1 is 1.37 bits per heavy atom. The van der Waals surface area contributed by atoms with Crippen LogP contribution in [-0.2, 0) is 13.1 Å². The topological polar surface area (TPSA) is 63.1 Å². The lowest BCUT2D eigenvalue weighted by molar-refractivity contribution is 0.406. The zero-order chi connectivity index (χ0) is 13.1. The van der Waals surface area contributed by atoms with E-state index < -0.39 is 0 Å². The molecule has 5 heteroatoms. The number of aromatic amines is 1. The molecule has 0 bridgehead atoms. The Balaban J connectivity index is 1.71. The van der Waals surface area contributed by atoms with E-state index in [4.69, 9.17) is 9.15 Å². The zero-order valence-corrected chi connectivity index (χ0v) is 10.6. The molecule has 98 valence electrons. The minimum absolute atomic E-state index is 0.670. The predicted molar refractivity (Wildman–Crippen MR) is 71.9 cm³/mol. The Labute approximate surface area is 110 Å². The van der Waals surface area contributed by atoms with Crippen LogP contribution in [0.1, 0.15) is 11.3 Å². The van der Waals surface area contributed by atoms with Gasteiger partial charge in [0.1, 0.15) is 5.76 Å². The number of H-pyrrole nitrogens is 1. The van der Waals surface area contributed by atoms with Crippen molar-refractivity contribution in [2.75, 3.05) is 7.11 Å². The molecule has 3 rings (SSSR count). The van der Waals surface area contributed by atoms with Gasteiger partial charge in [0.2, 0.25) is 0 Å². The first-order valence-electron chi connectivity index (χ1n) is 6.10. The molecule has 0 aliphatic rings. The molecule has 0 spiro atoms. The number of fused-ring (bicyclic) bond motifs is 1. The van der Waals surface area contributed by atoms with Gasteiger partial charge >= 0.3 is 0 Å². The predicted octanol–water partition coefficient (Wildman–Crippen LogP) is 2.45. The molecule has 1 aromatic carbocycles. The molecule has 0 aliphatic heterocycles. The van der Waals surface area contributed by atoms with Crippen molar-refractivity contribution in [1.82, 2.24) is 15.5 Å². The highest BCUT2D eigenvalue weighted by Gasteiger charge is 2.08. The number of methoxy groups -OCH3 is 1. The van der Waals surface area contributed by atoms with Crippen LogP contribution in [-0.4, -0.2) is 17.3 Å². The smallest absolute Gasteiger partial charge is 0.176 e. The normalized spacial score (nSPS) is 11.0. The van der Waals surface area contributed by atoms with Crippen molar-refractivity contribution in [3.63, 3.8) is 0 Å². The summed E-state index contributed by atoms with van der Waals surface area (Å²) in [5.74, 6) is 1.65. The molecule has 0 aliphatic carbocycles. The molecular weight excluding hydrogens is 242 g/mol. The van der Waals surface area contributed by atoms with Gasteiger partial charge in [0.25, 0.3) is 0 Å². The van der Waals surface area contributed by atoms with E-state index in [1.165, 1.54) is 0 Å². The second-order valence-electron chi connectivity index (χ2n) is 4.30. The van der Waals surface area contributed by atoms with Crippen LogP contribution in [0.5, 0.6) is 5.75 Å². The largest absolute Gasteiger partial charge is 0.493 e. The first kappa shape index (κ1) is 11.8. The maximum atomic E-state index is 5.80. The number of ether oxygens (including phenoxy) is 1. The van der Waals surface area contributed by atoms with E-state index in [1.807, 2.05) is 30.5 Å². The van der Waals surface area contributed by atoms with Crippen molar-refractivity contribution < 1.29 is 9.15 Å². The van der Waals surface area contributed by atoms with Gasteiger partial charge < -0.3 is 14.5 Å². The first-order chi connectivity index (χ1) is 9.36. The Bertz CT molecular complexity index is 658. The van der Waals surface area contributed by atoms with Gasteiger partial charge in [0, 0.05) is 23.7 Å². The Morgan fingerprint density at radius 3 is 3.11 bits per heavy atom. The molecule has 3 aromatic rings. The standard InChI is InChI=1S/C14H15N3O2/c1-18-13-4-2-3-11-5-12(19-14(11)13)9-15-6-10-7-16-17-8-10/h2-5,7-8,15H,6,9H2,1H3,(H,16,17). The lowest BCUT2D eigenvalue weighted by atomic mass is 10.2. The van der Waals surface area contributed by atoms with Crippen LogP contribution in [0.25, 0.3) is 11.0 Å². The number of rotatable bonds is 5. The second kappa shape index (κ2) is 5.16. The summed E-state index contributed by atoms with van der Waals surface area (Å²) in [6, 6.07) is 7.90. The van der Waals surface area contributed by atoms with Crippen LogP contribution >= 0.6 is 0 Å². The van der Waals surface area contributed by atoms with E-state index in [-0.39, 0.29) is 0 Å². The molecule has 19 heavy (non-hydrogen) atoms. The number of nitrogens with one attached hydrogen (secondary N) is 2. The number of hydrogen-bond donors (Lipinski definition) is 2. The van der Waals surface area contributed by atoms with Gasteiger partial charge in [-0.15, -0.1) is 0 Å². The van der Waals surface area contributed by atoms with Gasteiger partial charge in [-0.05, 0) is 12.1 Å². The van der Waals surface area contributed by atoms with Crippen LogP contribution in [0.4, 0.5) is 0 Å². The number of para-hydroxylation sites is 1. The van der Waals surface area contributed by atoms with E-state index in [0.29, 0.717) is 6.54 Å². The van der Waals surface area contributed by atoms with Crippen molar-refractivity contribution in [3.05, 3.63) is 48.0 Å².